The van der Waals surface area contributed by atoms with Crippen LogP contribution in [0, 0.1) is 0 Å². The Bertz CT molecular complexity index is 1060. The molecule has 2 amide bonds. The molecule has 1 heterocycles. The molecule has 0 saturated heterocycles. The summed E-state index contributed by atoms with van der Waals surface area (Å²) in [4.78, 5) is 37.8. The van der Waals surface area contributed by atoms with Gasteiger partial charge in [0.15, 0.2) is 0 Å². The first-order valence-corrected chi connectivity index (χ1v) is 10.4. The number of benzene rings is 2. The molecule has 0 fully saturated rings. The van der Waals surface area contributed by atoms with Gasteiger partial charge in [-0.15, -0.1) is 0 Å². The average Bonchev–Trinajstić information content (AvgIpc) is 2.82. The van der Waals surface area contributed by atoms with E-state index in [2.05, 4.69) is 10.6 Å². The van der Waals surface area contributed by atoms with Gasteiger partial charge in [-0.25, -0.2) is 14.4 Å². The summed E-state index contributed by atoms with van der Waals surface area (Å²) < 4.78 is 20.9. The number of urea groups is 1. The fourth-order valence-corrected chi connectivity index (χ4v) is 3.36. The molecule has 0 bridgehead atoms. The third kappa shape index (κ3) is 5.75. The Morgan fingerprint density at radius 1 is 0.970 bits per heavy atom. The van der Waals surface area contributed by atoms with Crippen molar-refractivity contribution in [1.29, 1.82) is 0 Å². The number of carbonyl (C=O) groups excluding carboxylic acids is 3. The summed E-state index contributed by atoms with van der Waals surface area (Å²) in [7, 11) is 2.92. The number of methoxy groups -OCH3 is 2. The molecule has 0 aliphatic carbocycles. The topological polar surface area (TPSA) is 112 Å². The first-order valence-electron chi connectivity index (χ1n) is 9.99. The molecule has 10 heteroatoms. The molecule has 2 aromatic rings. The summed E-state index contributed by atoms with van der Waals surface area (Å²) in [6.07, 6.45) is 0. The lowest BCUT2D eigenvalue weighted by atomic mass is 9.95. The van der Waals surface area contributed by atoms with Gasteiger partial charge in [0.25, 0.3) is 0 Å². The Hall–Kier alpha value is -3.72. The molecule has 9 nitrogen and oxygen atoms in total. The number of esters is 2. The summed E-state index contributed by atoms with van der Waals surface area (Å²) in [5, 5.41) is 5.74. The molecule has 0 radical (unpaired) electrons. The second kappa shape index (κ2) is 10.7. The van der Waals surface area contributed by atoms with Crippen LogP contribution in [0.2, 0.25) is 5.02 Å². The largest absolute Gasteiger partial charge is 0.497 e. The van der Waals surface area contributed by atoms with E-state index >= 15 is 0 Å². The van der Waals surface area contributed by atoms with Gasteiger partial charge >= 0.3 is 18.0 Å². The smallest absolute Gasteiger partial charge is 0.338 e. The Morgan fingerprint density at radius 2 is 1.61 bits per heavy atom. The van der Waals surface area contributed by atoms with E-state index in [0.717, 1.165) is 0 Å². The predicted octanol–water partition coefficient (Wildman–Crippen LogP) is 3.39. The Morgan fingerprint density at radius 3 is 2.18 bits per heavy atom. The summed E-state index contributed by atoms with van der Waals surface area (Å²) in [6.45, 7) is 1.42. The van der Waals surface area contributed by atoms with Crippen LogP contribution in [0.15, 0.2) is 53.7 Å². The molecular formula is C23H23ClN2O7. The lowest BCUT2D eigenvalue weighted by Gasteiger charge is -2.29. The van der Waals surface area contributed by atoms with Crippen molar-refractivity contribution in [3.05, 3.63) is 69.9 Å². The van der Waals surface area contributed by atoms with Crippen molar-refractivity contribution >= 4 is 29.6 Å². The van der Waals surface area contributed by atoms with Crippen LogP contribution in [0.4, 0.5) is 4.79 Å². The van der Waals surface area contributed by atoms with Gasteiger partial charge in [0.1, 0.15) is 18.1 Å². The van der Waals surface area contributed by atoms with Crippen LogP contribution in [0.3, 0.4) is 0 Å². The number of hydrogen-bond donors (Lipinski definition) is 2. The molecular weight excluding hydrogens is 452 g/mol. The molecule has 0 saturated carbocycles. The van der Waals surface area contributed by atoms with Crippen LogP contribution in [-0.4, -0.2) is 45.4 Å². The van der Waals surface area contributed by atoms with Crippen LogP contribution in [0.25, 0.3) is 0 Å². The van der Waals surface area contributed by atoms with E-state index in [1.807, 2.05) is 0 Å². The SMILES string of the molecule is CCOC(=O)C1=C(COC(=O)c2cc(OC)cc(OC)c2)NC(=O)NC1c1ccc(Cl)cc1. The zero-order valence-corrected chi connectivity index (χ0v) is 19.0. The monoisotopic (exact) mass is 474 g/mol. The minimum absolute atomic E-state index is 0.111. The summed E-state index contributed by atoms with van der Waals surface area (Å²) in [5.41, 5.74) is 1.02. The number of halogens is 1. The molecule has 2 N–H and O–H groups in total. The normalized spacial score (nSPS) is 15.3. The summed E-state index contributed by atoms with van der Waals surface area (Å²) in [5.74, 6) is -0.533. The van der Waals surface area contributed by atoms with E-state index in [-0.39, 0.29) is 30.0 Å². The molecule has 1 aliphatic heterocycles. The van der Waals surface area contributed by atoms with Gasteiger partial charge in [0.05, 0.1) is 43.7 Å². The van der Waals surface area contributed by atoms with Gasteiger partial charge in [0.2, 0.25) is 0 Å². The molecule has 0 spiro atoms. The van der Waals surface area contributed by atoms with Crippen LogP contribution in [0.1, 0.15) is 28.9 Å². The molecule has 174 valence electrons. The number of ether oxygens (including phenoxy) is 4. The van der Waals surface area contributed by atoms with Crippen molar-refractivity contribution in [2.75, 3.05) is 27.4 Å². The molecule has 1 unspecified atom stereocenters. The van der Waals surface area contributed by atoms with Crippen molar-refractivity contribution in [2.24, 2.45) is 0 Å². The predicted molar refractivity (Wildman–Crippen MR) is 119 cm³/mol. The lowest BCUT2D eigenvalue weighted by Crippen LogP contribution is -2.47. The van der Waals surface area contributed by atoms with E-state index < -0.39 is 24.0 Å². The third-order valence-electron chi connectivity index (χ3n) is 4.79. The van der Waals surface area contributed by atoms with Gasteiger partial charge in [0, 0.05) is 11.1 Å². The number of rotatable bonds is 8. The van der Waals surface area contributed by atoms with Crippen LogP contribution >= 0.6 is 11.6 Å². The first-order chi connectivity index (χ1) is 15.9. The van der Waals surface area contributed by atoms with E-state index in [0.29, 0.717) is 22.1 Å². The lowest BCUT2D eigenvalue weighted by molar-refractivity contribution is -0.139. The third-order valence-corrected chi connectivity index (χ3v) is 5.04. The van der Waals surface area contributed by atoms with Crippen molar-refractivity contribution < 1.29 is 33.3 Å². The Labute approximate surface area is 195 Å². The minimum atomic E-state index is -0.819. The van der Waals surface area contributed by atoms with Crippen LogP contribution < -0.4 is 20.1 Å². The zero-order valence-electron chi connectivity index (χ0n) is 18.3. The number of carbonyl (C=O) groups is 3. The van der Waals surface area contributed by atoms with Crippen LogP contribution in [0.5, 0.6) is 11.5 Å². The molecule has 0 aromatic heterocycles. The van der Waals surface area contributed by atoms with Crippen molar-refractivity contribution in [3.8, 4) is 11.5 Å². The fraction of sp³-hybridized carbons (Fsp3) is 0.261. The minimum Gasteiger partial charge on any atom is -0.497 e. The van der Waals surface area contributed by atoms with Crippen LogP contribution in [-0.2, 0) is 14.3 Å². The van der Waals surface area contributed by atoms with Gasteiger partial charge in [-0.1, -0.05) is 23.7 Å². The average molecular weight is 475 g/mol. The number of nitrogens with one attached hydrogen (secondary N) is 2. The van der Waals surface area contributed by atoms with Gasteiger partial charge in [-0.05, 0) is 36.8 Å². The number of amides is 2. The second-order valence-corrected chi connectivity index (χ2v) is 7.31. The highest BCUT2D eigenvalue weighted by Gasteiger charge is 2.34. The van der Waals surface area contributed by atoms with Crippen molar-refractivity contribution in [3.63, 3.8) is 0 Å². The van der Waals surface area contributed by atoms with E-state index in [9.17, 15) is 14.4 Å². The fourth-order valence-electron chi connectivity index (χ4n) is 3.23. The van der Waals surface area contributed by atoms with E-state index in [1.54, 1.807) is 37.3 Å². The van der Waals surface area contributed by atoms with E-state index in [4.69, 9.17) is 30.5 Å². The second-order valence-electron chi connectivity index (χ2n) is 6.87. The summed E-state index contributed by atoms with van der Waals surface area (Å²) >= 11 is 5.96. The highest BCUT2D eigenvalue weighted by atomic mass is 35.5. The quantitative estimate of drug-likeness (QED) is 0.564. The first kappa shape index (κ1) is 23.9. The maximum Gasteiger partial charge on any atom is 0.338 e. The standard InChI is InChI=1S/C23H23ClN2O7/c1-4-32-22(28)19-18(25-23(29)26-20(19)13-5-7-15(24)8-6-13)12-33-21(27)14-9-16(30-2)11-17(10-14)31-3/h5-11,20H,4,12H2,1-3H3,(H2,25,26,29). The van der Waals surface area contributed by atoms with Gasteiger partial charge < -0.3 is 29.6 Å². The summed E-state index contributed by atoms with van der Waals surface area (Å²) in [6, 6.07) is 9.87. The molecule has 3 rings (SSSR count). The maximum absolute atomic E-state index is 12.8. The number of hydrogen-bond acceptors (Lipinski definition) is 7. The van der Waals surface area contributed by atoms with Gasteiger partial charge in [-0.2, -0.15) is 0 Å². The highest BCUT2D eigenvalue weighted by molar-refractivity contribution is 6.30. The van der Waals surface area contributed by atoms with Gasteiger partial charge in [-0.3, -0.25) is 0 Å². The zero-order chi connectivity index (χ0) is 24.0. The molecule has 1 aliphatic rings. The Balaban J connectivity index is 1.92. The maximum atomic E-state index is 12.8. The Kier molecular flexibility index (Phi) is 7.78. The molecule has 33 heavy (non-hydrogen) atoms. The molecule has 2 aromatic carbocycles. The highest BCUT2D eigenvalue weighted by Crippen LogP contribution is 2.29. The van der Waals surface area contributed by atoms with Crippen molar-refractivity contribution in [1.82, 2.24) is 10.6 Å². The van der Waals surface area contributed by atoms with Crippen molar-refractivity contribution in [2.45, 2.75) is 13.0 Å². The molecule has 1 atom stereocenters. The van der Waals surface area contributed by atoms with E-state index in [1.165, 1.54) is 26.4 Å².